The number of hydrogen-bond acceptors (Lipinski definition) is 4. The second kappa shape index (κ2) is 8.13. The van der Waals surface area contributed by atoms with Gasteiger partial charge in [0.2, 0.25) is 0 Å². The van der Waals surface area contributed by atoms with Gasteiger partial charge in [0, 0.05) is 5.70 Å². The summed E-state index contributed by atoms with van der Waals surface area (Å²) in [5, 5.41) is 12.5. The molecule has 4 rings (SSSR count). The van der Waals surface area contributed by atoms with Gasteiger partial charge in [-0.2, -0.15) is 0 Å². The number of benzene rings is 2. The second-order valence-electron chi connectivity index (χ2n) is 7.39. The first-order valence-electron chi connectivity index (χ1n) is 9.86. The number of rotatable bonds is 4. The Hall–Kier alpha value is -3.44. The number of ether oxygens (including phenoxy) is 1. The average Bonchev–Trinajstić information content (AvgIpc) is 3.00. The van der Waals surface area contributed by atoms with E-state index < -0.39 is 12.1 Å². The summed E-state index contributed by atoms with van der Waals surface area (Å²) in [5.41, 5.74) is 2.63. The molecule has 0 unspecified atom stereocenters. The van der Waals surface area contributed by atoms with Crippen molar-refractivity contribution in [1.82, 2.24) is 4.90 Å². The highest BCUT2D eigenvalue weighted by Gasteiger charge is 2.37. The molecule has 5 heteroatoms. The van der Waals surface area contributed by atoms with Crippen molar-refractivity contribution >= 4 is 23.5 Å². The van der Waals surface area contributed by atoms with Crippen LogP contribution in [-0.4, -0.2) is 35.1 Å². The number of aliphatic hydroxyl groups is 1. The fraction of sp³-hybridized carbons (Fsp3) is 0.200. The van der Waals surface area contributed by atoms with Gasteiger partial charge in [-0.05, 0) is 41.0 Å². The highest BCUT2D eigenvalue weighted by atomic mass is 16.5. The van der Waals surface area contributed by atoms with Crippen molar-refractivity contribution in [2.75, 3.05) is 7.11 Å². The maximum Gasteiger partial charge on any atom is 0.340 e. The Balaban J connectivity index is 1.85. The summed E-state index contributed by atoms with van der Waals surface area (Å²) in [5.74, 6) is -0.836. The number of fused-ring (bicyclic) bond motifs is 1. The molecule has 1 N–H and O–H groups in total. The normalized spacial score (nSPS) is 19.8. The van der Waals surface area contributed by atoms with Crippen LogP contribution >= 0.6 is 0 Å². The first-order chi connectivity index (χ1) is 14.5. The van der Waals surface area contributed by atoms with Crippen molar-refractivity contribution in [1.29, 1.82) is 0 Å². The summed E-state index contributed by atoms with van der Waals surface area (Å²) < 4.78 is 4.97. The maximum atomic E-state index is 13.3. The molecule has 2 aromatic carbocycles. The maximum absolute atomic E-state index is 13.3. The molecule has 2 aliphatic rings. The van der Waals surface area contributed by atoms with Crippen LogP contribution in [-0.2, 0) is 20.9 Å². The van der Waals surface area contributed by atoms with E-state index in [9.17, 15) is 14.7 Å². The number of allylic oxidation sites excluding steroid dienone is 1. The van der Waals surface area contributed by atoms with Crippen LogP contribution in [0.1, 0.15) is 18.9 Å². The Labute approximate surface area is 174 Å². The zero-order valence-corrected chi connectivity index (χ0v) is 17.0. The van der Waals surface area contributed by atoms with Crippen molar-refractivity contribution in [3.05, 3.63) is 93.5 Å². The van der Waals surface area contributed by atoms with Crippen LogP contribution in [0.5, 0.6) is 0 Å². The molecule has 0 saturated heterocycles. The van der Waals surface area contributed by atoms with E-state index in [1.54, 1.807) is 17.9 Å². The molecule has 152 valence electrons. The van der Waals surface area contributed by atoms with Gasteiger partial charge in [0.15, 0.2) is 0 Å². The van der Waals surface area contributed by atoms with Gasteiger partial charge in [-0.25, -0.2) is 4.79 Å². The van der Waals surface area contributed by atoms with Crippen LogP contribution in [0.15, 0.2) is 77.5 Å². The number of carbonyl (C=O) groups is 2. The Morgan fingerprint density at radius 3 is 2.60 bits per heavy atom. The van der Waals surface area contributed by atoms with E-state index in [-0.39, 0.29) is 17.1 Å². The average molecular weight is 401 g/mol. The van der Waals surface area contributed by atoms with Gasteiger partial charge in [0.1, 0.15) is 0 Å². The number of methoxy groups -OCH3 is 1. The van der Waals surface area contributed by atoms with Crippen molar-refractivity contribution in [3.63, 3.8) is 0 Å². The molecule has 30 heavy (non-hydrogen) atoms. The highest BCUT2D eigenvalue weighted by molar-refractivity contribution is 6.14. The third kappa shape index (κ3) is 3.48. The summed E-state index contributed by atoms with van der Waals surface area (Å²) in [4.78, 5) is 27.5. The summed E-state index contributed by atoms with van der Waals surface area (Å²) in [6.07, 6.45) is 3.33. The van der Waals surface area contributed by atoms with Crippen LogP contribution in [0.2, 0.25) is 0 Å². The van der Waals surface area contributed by atoms with Crippen molar-refractivity contribution in [2.24, 2.45) is 0 Å². The summed E-state index contributed by atoms with van der Waals surface area (Å²) >= 11 is 0. The molecule has 2 aromatic rings. The molecule has 1 amide bonds. The van der Waals surface area contributed by atoms with Crippen LogP contribution in [0, 0.1) is 0 Å². The van der Waals surface area contributed by atoms with Crippen molar-refractivity contribution in [2.45, 2.75) is 26.0 Å². The molecule has 0 bridgehead atoms. The molecule has 0 saturated carbocycles. The van der Waals surface area contributed by atoms with Gasteiger partial charge < -0.3 is 14.7 Å². The van der Waals surface area contributed by atoms with Gasteiger partial charge in [-0.15, -0.1) is 0 Å². The Morgan fingerprint density at radius 2 is 1.87 bits per heavy atom. The van der Waals surface area contributed by atoms with E-state index >= 15 is 0 Å². The quantitative estimate of drug-likeness (QED) is 0.627. The first-order valence-corrected chi connectivity index (χ1v) is 9.86. The largest absolute Gasteiger partial charge is 0.465 e. The Kier molecular flexibility index (Phi) is 5.38. The molecule has 1 aliphatic heterocycles. The van der Waals surface area contributed by atoms with Crippen LogP contribution in [0.3, 0.4) is 0 Å². The second-order valence-corrected chi connectivity index (χ2v) is 7.39. The fourth-order valence-electron chi connectivity index (χ4n) is 4.00. The number of carbonyl (C=O) groups excluding carboxylic acids is 2. The SMILES string of the molecule is COC(=O)C1=C(C)N(Cc2ccccc2)C(=O)C1=CC1=c2ccccc2=CC[C@H]1O. The zero-order chi connectivity index (χ0) is 21.3. The van der Waals surface area contributed by atoms with E-state index in [1.807, 2.05) is 60.7 Å². The summed E-state index contributed by atoms with van der Waals surface area (Å²) in [6, 6.07) is 17.3. The summed E-state index contributed by atoms with van der Waals surface area (Å²) in [6.45, 7) is 2.10. The zero-order valence-electron chi connectivity index (χ0n) is 17.0. The Bertz CT molecular complexity index is 1190. The number of aliphatic hydroxyl groups excluding tert-OH is 1. The fourth-order valence-corrected chi connectivity index (χ4v) is 4.00. The van der Waals surface area contributed by atoms with Crippen molar-refractivity contribution < 1.29 is 19.4 Å². The Morgan fingerprint density at radius 1 is 1.17 bits per heavy atom. The topological polar surface area (TPSA) is 66.8 Å². The van der Waals surface area contributed by atoms with Gasteiger partial charge in [0.05, 0.1) is 30.9 Å². The predicted octanol–water partition coefficient (Wildman–Crippen LogP) is 1.80. The van der Waals surface area contributed by atoms with Crippen LogP contribution in [0.4, 0.5) is 0 Å². The molecule has 1 atom stereocenters. The van der Waals surface area contributed by atoms with E-state index in [0.29, 0.717) is 24.2 Å². The van der Waals surface area contributed by atoms with Crippen molar-refractivity contribution in [3.8, 4) is 0 Å². The van der Waals surface area contributed by atoms with Gasteiger partial charge in [0.25, 0.3) is 5.91 Å². The minimum atomic E-state index is -0.748. The lowest BCUT2D eigenvalue weighted by Crippen LogP contribution is -2.34. The number of nitrogens with zero attached hydrogens (tertiary/aromatic N) is 1. The number of amides is 1. The standard InChI is InChI=1S/C25H23NO4/c1-16-23(25(29)30-2)21(24(28)26(16)15-17-8-4-3-5-9-17)14-20-19-11-7-6-10-18(19)12-13-22(20)27/h3-12,14,22,27H,13,15H2,1-2H3/t22-/m1/s1. The highest BCUT2D eigenvalue weighted by Crippen LogP contribution is 2.33. The smallest absolute Gasteiger partial charge is 0.340 e. The third-order valence-electron chi connectivity index (χ3n) is 5.58. The van der Waals surface area contributed by atoms with E-state index in [0.717, 1.165) is 16.0 Å². The number of hydrogen-bond donors (Lipinski definition) is 1. The van der Waals surface area contributed by atoms with Gasteiger partial charge >= 0.3 is 5.97 Å². The molecular formula is C25H23NO4. The molecule has 0 aromatic heterocycles. The molecule has 0 radical (unpaired) electrons. The third-order valence-corrected chi connectivity index (χ3v) is 5.58. The lowest BCUT2D eigenvalue weighted by molar-refractivity contribution is -0.136. The molecular weight excluding hydrogens is 378 g/mol. The first kappa shape index (κ1) is 19.9. The molecule has 0 fully saturated rings. The van der Waals surface area contributed by atoms with Crippen LogP contribution < -0.4 is 10.4 Å². The van der Waals surface area contributed by atoms with Gasteiger partial charge in [-0.3, -0.25) is 4.79 Å². The number of esters is 1. The molecule has 1 aliphatic carbocycles. The van der Waals surface area contributed by atoms with Gasteiger partial charge in [-0.1, -0.05) is 60.7 Å². The summed E-state index contributed by atoms with van der Waals surface area (Å²) in [7, 11) is 1.30. The lowest BCUT2D eigenvalue weighted by atomic mass is 9.93. The van der Waals surface area contributed by atoms with E-state index in [4.69, 9.17) is 4.74 Å². The lowest BCUT2D eigenvalue weighted by Gasteiger charge is -2.18. The minimum Gasteiger partial charge on any atom is -0.465 e. The minimum absolute atomic E-state index is 0.241. The monoisotopic (exact) mass is 401 g/mol. The molecule has 0 spiro atoms. The predicted molar refractivity (Wildman–Crippen MR) is 114 cm³/mol. The van der Waals surface area contributed by atoms with Crippen LogP contribution in [0.25, 0.3) is 11.6 Å². The van der Waals surface area contributed by atoms with E-state index in [2.05, 4.69) is 0 Å². The van der Waals surface area contributed by atoms with E-state index in [1.165, 1.54) is 7.11 Å². The molecule has 5 nitrogen and oxygen atoms in total. The molecule has 1 heterocycles.